The van der Waals surface area contributed by atoms with E-state index in [4.69, 9.17) is 4.74 Å². The van der Waals surface area contributed by atoms with E-state index in [9.17, 15) is 12.8 Å². The van der Waals surface area contributed by atoms with E-state index in [1.165, 1.54) is 12.1 Å². The van der Waals surface area contributed by atoms with Crippen LogP contribution in [0.15, 0.2) is 23.1 Å². The van der Waals surface area contributed by atoms with Crippen molar-refractivity contribution in [1.29, 1.82) is 0 Å². The Kier molecular flexibility index (Phi) is 4.98. The summed E-state index contributed by atoms with van der Waals surface area (Å²) in [5, 5.41) is 2.88. The van der Waals surface area contributed by atoms with Gasteiger partial charge in [0.15, 0.2) is 0 Å². The molecule has 0 heterocycles. The van der Waals surface area contributed by atoms with Crippen LogP contribution in [-0.2, 0) is 21.3 Å². The normalized spacial score (nSPS) is 17.5. The number of methoxy groups -OCH3 is 1. The molecule has 0 unspecified atom stereocenters. The maximum atomic E-state index is 13.4. The quantitative estimate of drug-likeness (QED) is 0.798. The average Bonchev–Trinajstić information content (AvgIpc) is 2.40. The van der Waals surface area contributed by atoms with Gasteiger partial charge in [-0.05, 0) is 44.0 Å². The first-order chi connectivity index (χ1) is 9.92. The van der Waals surface area contributed by atoms with Crippen LogP contribution in [0.3, 0.4) is 0 Å². The molecule has 0 saturated heterocycles. The predicted octanol–water partition coefficient (Wildman–Crippen LogP) is 1.39. The van der Waals surface area contributed by atoms with E-state index in [0.717, 1.165) is 25.3 Å². The Labute approximate surface area is 124 Å². The first-order valence-electron chi connectivity index (χ1n) is 6.90. The van der Waals surface area contributed by atoms with Gasteiger partial charge in [-0.2, -0.15) is 0 Å². The van der Waals surface area contributed by atoms with Crippen LogP contribution in [0, 0.1) is 5.82 Å². The van der Waals surface area contributed by atoms with Crippen molar-refractivity contribution in [2.75, 3.05) is 20.7 Å². The molecule has 118 valence electrons. The third-order valence-electron chi connectivity index (χ3n) is 3.97. The van der Waals surface area contributed by atoms with Crippen molar-refractivity contribution in [3.05, 3.63) is 29.6 Å². The van der Waals surface area contributed by atoms with Crippen LogP contribution >= 0.6 is 0 Å². The minimum absolute atomic E-state index is 0.0255. The minimum Gasteiger partial charge on any atom is -0.377 e. The summed E-state index contributed by atoms with van der Waals surface area (Å²) in [6, 6.07) is 3.79. The highest BCUT2D eigenvalue weighted by Gasteiger charge is 2.38. The molecule has 0 bridgehead atoms. The first kappa shape index (κ1) is 16.4. The van der Waals surface area contributed by atoms with Crippen molar-refractivity contribution >= 4 is 10.0 Å². The van der Waals surface area contributed by atoms with Gasteiger partial charge >= 0.3 is 0 Å². The Hall–Kier alpha value is -1.02. The van der Waals surface area contributed by atoms with Crippen LogP contribution in [0.5, 0.6) is 0 Å². The van der Waals surface area contributed by atoms with Gasteiger partial charge < -0.3 is 10.1 Å². The van der Waals surface area contributed by atoms with Crippen LogP contribution in [0.25, 0.3) is 0 Å². The van der Waals surface area contributed by atoms with Crippen LogP contribution in [-0.4, -0.2) is 34.7 Å². The largest absolute Gasteiger partial charge is 0.377 e. The summed E-state index contributed by atoms with van der Waals surface area (Å²) in [7, 11) is -0.470. The molecule has 2 rings (SSSR count). The fourth-order valence-corrected chi connectivity index (χ4v) is 3.81. The van der Waals surface area contributed by atoms with E-state index >= 15 is 0 Å². The number of halogens is 1. The number of nitrogens with one attached hydrogen (secondary N) is 2. The van der Waals surface area contributed by atoms with E-state index in [1.807, 2.05) is 0 Å². The molecule has 2 N–H and O–H groups in total. The summed E-state index contributed by atoms with van der Waals surface area (Å²) >= 11 is 0. The lowest BCUT2D eigenvalue weighted by molar-refractivity contribution is -0.0659. The Balaban J connectivity index is 2.20. The monoisotopic (exact) mass is 316 g/mol. The van der Waals surface area contributed by atoms with Crippen LogP contribution in [0.4, 0.5) is 4.39 Å². The van der Waals surface area contributed by atoms with Crippen LogP contribution in [0.2, 0.25) is 0 Å². The summed E-state index contributed by atoms with van der Waals surface area (Å²) in [5.74, 6) is -0.569. The van der Waals surface area contributed by atoms with Gasteiger partial charge in [-0.15, -0.1) is 0 Å². The SMILES string of the molecule is CNCc1ccc(F)cc1S(=O)(=O)NCC1(OC)CCC1. The standard InChI is InChI=1S/C14H21FN2O3S/c1-16-9-11-4-5-12(15)8-13(11)21(18,19)17-10-14(20-2)6-3-7-14/h4-5,8,16-17H,3,6-7,9-10H2,1-2H3. The van der Waals surface area contributed by atoms with Crippen molar-refractivity contribution in [2.45, 2.75) is 36.3 Å². The lowest BCUT2D eigenvalue weighted by Gasteiger charge is -2.40. The maximum Gasteiger partial charge on any atom is 0.241 e. The number of hydrogen-bond acceptors (Lipinski definition) is 4. The summed E-state index contributed by atoms with van der Waals surface area (Å²) < 4.78 is 46.2. The van der Waals surface area contributed by atoms with Gasteiger partial charge in [0.2, 0.25) is 10.0 Å². The second-order valence-corrected chi connectivity index (χ2v) is 7.08. The summed E-state index contributed by atoms with van der Waals surface area (Å²) in [6.45, 7) is 0.563. The highest BCUT2D eigenvalue weighted by Crippen LogP contribution is 2.34. The minimum atomic E-state index is -3.77. The molecule has 1 aromatic rings. The Morgan fingerprint density at radius 1 is 1.38 bits per heavy atom. The molecule has 0 spiro atoms. The maximum absolute atomic E-state index is 13.4. The van der Waals surface area contributed by atoms with Crippen molar-refractivity contribution in [3.8, 4) is 0 Å². The number of rotatable bonds is 7. The summed E-state index contributed by atoms with van der Waals surface area (Å²) in [5.41, 5.74) is 0.121. The van der Waals surface area contributed by atoms with Gasteiger partial charge in [-0.3, -0.25) is 0 Å². The van der Waals surface area contributed by atoms with Crippen molar-refractivity contribution < 1.29 is 17.5 Å². The van der Waals surface area contributed by atoms with Gasteiger partial charge in [-0.1, -0.05) is 6.07 Å². The molecule has 5 nitrogen and oxygen atoms in total. The van der Waals surface area contributed by atoms with Gasteiger partial charge in [0.1, 0.15) is 5.82 Å². The molecule has 0 atom stereocenters. The molecule has 0 aliphatic heterocycles. The molecule has 21 heavy (non-hydrogen) atoms. The predicted molar refractivity (Wildman–Crippen MR) is 77.9 cm³/mol. The molecular formula is C14H21FN2O3S. The Morgan fingerprint density at radius 3 is 2.62 bits per heavy atom. The molecule has 1 aromatic carbocycles. The smallest absolute Gasteiger partial charge is 0.241 e. The highest BCUT2D eigenvalue weighted by atomic mass is 32.2. The zero-order valence-corrected chi connectivity index (χ0v) is 13.1. The van der Waals surface area contributed by atoms with Gasteiger partial charge in [0, 0.05) is 20.2 Å². The second-order valence-electron chi connectivity index (χ2n) is 5.35. The molecule has 1 saturated carbocycles. The number of sulfonamides is 1. The summed E-state index contributed by atoms with van der Waals surface area (Å²) in [4.78, 5) is -0.0255. The first-order valence-corrected chi connectivity index (χ1v) is 8.39. The molecular weight excluding hydrogens is 295 g/mol. The third kappa shape index (κ3) is 3.60. The topological polar surface area (TPSA) is 67.4 Å². The zero-order valence-electron chi connectivity index (χ0n) is 12.3. The highest BCUT2D eigenvalue weighted by molar-refractivity contribution is 7.89. The Bertz CT molecular complexity index is 595. The van der Waals surface area contributed by atoms with Gasteiger partial charge in [0.05, 0.1) is 10.5 Å². The molecule has 1 fully saturated rings. The average molecular weight is 316 g/mol. The van der Waals surface area contributed by atoms with Gasteiger partial charge in [-0.25, -0.2) is 17.5 Å². The van der Waals surface area contributed by atoms with E-state index < -0.39 is 21.4 Å². The van der Waals surface area contributed by atoms with E-state index in [1.54, 1.807) is 14.2 Å². The van der Waals surface area contributed by atoms with Crippen molar-refractivity contribution in [3.63, 3.8) is 0 Å². The zero-order chi connectivity index (χ0) is 15.5. The van der Waals surface area contributed by atoms with Crippen molar-refractivity contribution in [2.24, 2.45) is 0 Å². The number of benzene rings is 1. The fourth-order valence-electron chi connectivity index (χ4n) is 2.44. The molecule has 7 heteroatoms. The van der Waals surface area contributed by atoms with E-state index in [2.05, 4.69) is 10.0 Å². The molecule has 0 amide bonds. The number of ether oxygens (including phenoxy) is 1. The van der Waals surface area contributed by atoms with E-state index in [-0.39, 0.29) is 11.4 Å². The molecule has 1 aliphatic rings. The Morgan fingerprint density at radius 2 is 2.10 bits per heavy atom. The van der Waals surface area contributed by atoms with Crippen LogP contribution < -0.4 is 10.0 Å². The van der Waals surface area contributed by atoms with Gasteiger partial charge in [0.25, 0.3) is 0 Å². The van der Waals surface area contributed by atoms with Crippen LogP contribution in [0.1, 0.15) is 24.8 Å². The van der Waals surface area contributed by atoms with E-state index in [0.29, 0.717) is 12.1 Å². The molecule has 1 aliphatic carbocycles. The lowest BCUT2D eigenvalue weighted by Crippen LogP contribution is -2.49. The lowest BCUT2D eigenvalue weighted by atomic mass is 9.80. The molecule has 0 aromatic heterocycles. The number of hydrogen-bond donors (Lipinski definition) is 2. The molecule has 0 radical (unpaired) electrons. The third-order valence-corrected chi connectivity index (χ3v) is 5.45. The van der Waals surface area contributed by atoms with Crippen molar-refractivity contribution in [1.82, 2.24) is 10.0 Å². The summed E-state index contributed by atoms with van der Waals surface area (Å²) in [6.07, 6.45) is 2.69. The fraction of sp³-hybridized carbons (Fsp3) is 0.571. The second kappa shape index (κ2) is 6.39.